The molecule has 1 aliphatic heterocycles. The molecule has 0 spiro atoms. The topological polar surface area (TPSA) is 60.4 Å². The van der Waals surface area contributed by atoms with Crippen molar-refractivity contribution in [3.05, 3.63) is 110 Å². The van der Waals surface area contributed by atoms with Crippen molar-refractivity contribution in [3.8, 4) is 11.5 Å². The first-order chi connectivity index (χ1) is 19.6. The van der Waals surface area contributed by atoms with Gasteiger partial charge in [0, 0.05) is 40.8 Å². The minimum atomic E-state index is -0.315. The lowest BCUT2D eigenvalue weighted by atomic mass is 10.0. The zero-order valence-corrected chi connectivity index (χ0v) is 25.0. The normalized spacial score (nSPS) is 13.3. The van der Waals surface area contributed by atoms with E-state index in [0.29, 0.717) is 35.3 Å². The van der Waals surface area contributed by atoms with Crippen molar-refractivity contribution in [3.63, 3.8) is 0 Å². The lowest BCUT2D eigenvalue weighted by Crippen LogP contribution is -2.29. The predicted molar refractivity (Wildman–Crippen MR) is 163 cm³/mol. The second-order valence-electron chi connectivity index (χ2n) is 9.41. The molecule has 0 N–H and O–H groups in total. The van der Waals surface area contributed by atoms with Crippen molar-refractivity contribution in [1.82, 2.24) is 4.90 Å². The third-order valence-corrected chi connectivity index (χ3v) is 8.50. The van der Waals surface area contributed by atoms with E-state index < -0.39 is 0 Å². The van der Waals surface area contributed by atoms with Crippen LogP contribution < -0.4 is 9.47 Å². The number of esters is 1. The number of hydrogen-bond donors (Lipinski definition) is 0. The second kappa shape index (κ2) is 13.3. The van der Waals surface area contributed by atoms with Gasteiger partial charge in [0.05, 0.1) is 19.3 Å². The fourth-order valence-electron chi connectivity index (χ4n) is 4.71. The van der Waals surface area contributed by atoms with E-state index >= 15 is 0 Å². The molecule has 1 aliphatic rings. The summed E-state index contributed by atoms with van der Waals surface area (Å²) < 4.78 is 17.9. The van der Waals surface area contributed by atoms with E-state index in [1.54, 1.807) is 24.7 Å². The lowest BCUT2D eigenvalue weighted by Gasteiger charge is -2.27. The van der Waals surface area contributed by atoms with E-state index in [2.05, 4.69) is 45.1 Å². The molecule has 3 aromatic carbocycles. The Kier molecular flexibility index (Phi) is 9.31. The molecule has 1 aromatic heterocycles. The first kappa shape index (κ1) is 28.1. The zero-order chi connectivity index (χ0) is 27.9. The monoisotopic (exact) mass is 618 g/mol. The summed E-state index contributed by atoms with van der Waals surface area (Å²) in [6.45, 7) is 5.11. The highest BCUT2D eigenvalue weighted by Crippen LogP contribution is 2.40. The first-order valence-corrected chi connectivity index (χ1v) is 14.8. The SMILES string of the molecule is CCOC(=O)c1c(N=Cc2cc(OC)c(OCc3ccccc3)cc2Br)sc2c1CCN(Cc1ccccc1)C2. The van der Waals surface area contributed by atoms with Crippen LogP contribution in [0.1, 0.15) is 44.4 Å². The number of carbonyl (C=O) groups is 1. The van der Waals surface area contributed by atoms with Gasteiger partial charge in [0.15, 0.2) is 11.5 Å². The minimum absolute atomic E-state index is 0.315. The van der Waals surface area contributed by atoms with Crippen LogP contribution in [0.3, 0.4) is 0 Å². The third kappa shape index (κ3) is 6.63. The Hall–Kier alpha value is -3.46. The first-order valence-electron chi connectivity index (χ1n) is 13.2. The second-order valence-corrected chi connectivity index (χ2v) is 11.3. The number of hydrogen-bond acceptors (Lipinski definition) is 7. The number of rotatable bonds is 10. The molecule has 206 valence electrons. The lowest BCUT2D eigenvalue weighted by molar-refractivity contribution is 0.0526. The van der Waals surface area contributed by atoms with Gasteiger partial charge in [-0.15, -0.1) is 11.3 Å². The molecule has 40 heavy (non-hydrogen) atoms. The summed E-state index contributed by atoms with van der Waals surface area (Å²) in [4.78, 5) is 21.4. The van der Waals surface area contributed by atoms with Crippen molar-refractivity contribution >= 4 is 44.5 Å². The van der Waals surface area contributed by atoms with Crippen LogP contribution in [0.4, 0.5) is 5.00 Å². The van der Waals surface area contributed by atoms with Crippen molar-refractivity contribution in [2.24, 2.45) is 4.99 Å². The summed E-state index contributed by atoms with van der Waals surface area (Å²) in [5.74, 6) is 0.922. The van der Waals surface area contributed by atoms with Crippen LogP contribution in [0.25, 0.3) is 0 Å². The maximum absolute atomic E-state index is 13.0. The van der Waals surface area contributed by atoms with Gasteiger partial charge in [-0.1, -0.05) is 60.7 Å². The van der Waals surface area contributed by atoms with Gasteiger partial charge in [-0.2, -0.15) is 0 Å². The molecule has 0 amide bonds. The maximum Gasteiger partial charge on any atom is 0.341 e. The molecule has 0 fully saturated rings. The van der Waals surface area contributed by atoms with E-state index in [9.17, 15) is 4.79 Å². The zero-order valence-electron chi connectivity index (χ0n) is 22.6. The molecule has 0 saturated carbocycles. The Morgan fingerprint density at radius 2 is 1.77 bits per heavy atom. The van der Waals surface area contributed by atoms with Gasteiger partial charge in [-0.05, 0) is 58.1 Å². The number of aliphatic imine (C=N–C) groups is 1. The number of thiophene rings is 1. The third-order valence-electron chi connectivity index (χ3n) is 6.69. The van der Waals surface area contributed by atoms with Crippen LogP contribution in [-0.2, 0) is 30.9 Å². The number of carbonyl (C=O) groups excluding carboxylic acids is 1. The summed E-state index contributed by atoms with van der Waals surface area (Å²) in [5.41, 5.74) is 4.81. The number of halogens is 1. The van der Waals surface area contributed by atoms with Crippen molar-refractivity contribution in [2.75, 3.05) is 20.3 Å². The average molecular weight is 620 g/mol. The molecule has 2 heterocycles. The maximum atomic E-state index is 13.0. The number of fused-ring (bicyclic) bond motifs is 1. The molecule has 0 saturated heterocycles. The Morgan fingerprint density at radius 1 is 1.05 bits per heavy atom. The summed E-state index contributed by atoms with van der Waals surface area (Å²) in [6, 6.07) is 24.2. The standard InChI is InChI=1S/C32H31BrN2O4S/c1-3-38-32(36)30-25-14-15-35(19-22-10-6-4-7-11-22)20-29(25)40-31(30)34-18-24-16-27(37-2)28(17-26(24)33)39-21-23-12-8-5-9-13-23/h4-13,16-18H,3,14-15,19-21H2,1-2H3. The van der Waals surface area contributed by atoms with Crippen LogP contribution in [0.15, 0.2) is 82.3 Å². The molecule has 5 rings (SSSR count). The van der Waals surface area contributed by atoms with Gasteiger partial charge >= 0.3 is 5.97 Å². The quantitative estimate of drug-likeness (QED) is 0.135. The van der Waals surface area contributed by atoms with E-state index in [4.69, 9.17) is 19.2 Å². The molecule has 0 unspecified atom stereocenters. The number of methoxy groups -OCH3 is 1. The Labute approximate surface area is 247 Å². The van der Waals surface area contributed by atoms with Gasteiger partial charge < -0.3 is 14.2 Å². The minimum Gasteiger partial charge on any atom is -0.493 e. The van der Waals surface area contributed by atoms with Crippen molar-refractivity contribution in [2.45, 2.75) is 33.0 Å². The predicted octanol–water partition coefficient (Wildman–Crippen LogP) is 7.58. The molecule has 0 radical (unpaired) electrons. The van der Waals surface area contributed by atoms with Crippen LogP contribution in [-0.4, -0.2) is 37.3 Å². The number of nitrogens with zero attached hydrogens (tertiary/aromatic N) is 2. The van der Waals surface area contributed by atoms with E-state index in [0.717, 1.165) is 47.2 Å². The summed E-state index contributed by atoms with van der Waals surface area (Å²) >= 11 is 5.22. The highest BCUT2D eigenvalue weighted by molar-refractivity contribution is 9.10. The van der Waals surface area contributed by atoms with Crippen molar-refractivity contribution in [1.29, 1.82) is 0 Å². The van der Waals surface area contributed by atoms with Crippen LogP contribution in [0.5, 0.6) is 11.5 Å². The van der Waals surface area contributed by atoms with E-state index in [-0.39, 0.29) is 5.97 Å². The fourth-order valence-corrected chi connectivity index (χ4v) is 6.36. The van der Waals surface area contributed by atoms with Crippen LogP contribution in [0.2, 0.25) is 0 Å². The summed E-state index contributed by atoms with van der Waals surface area (Å²) in [5, 5.41) is 0.667. The molecule has 0 aliphatic carbocycles. The van der Waals surface area contributed by atoms with E-state index in [1.807, 2.05) is 55.5 Å². The van der Waals surface area contributed by atoms with E-state index in [1.165, 1.54) is 10.4 Å². The Balaban J connectivity index is 1.39. The molecule has 4 aromatic rings. The number of benzene rings is 3. The molecule has 6 nitrogen and oxygen atoms in total. The Bertz CT molecular complexity index is 1490. The van der Waals surface area contributed by atoms with Gasteiger partial charge in [-0.25, -0.2) is 9.79 Å². The molecule has 8 heteroatoms. The van der Waals surface area contributed by atoms with Crippen LogP contribution >= 0.6 is 27.3 Å². The van der Waals surface area contributed by atoms with Crippen LogP contribution in [0, 0.1) is 0 Å². The van der Waals surface area contributed by atoms with Gasteiger partial charge in [0.1, 0.15) is 11.6 Å². The fraction of sp³-hybridized carbons (Fsp3) is 0.250. The Morgan fingerprint density at radius 3 is 2.48 bits per heavy atom. The molecule has 0 bridgehead atoms. The average Bonchev–Trinajstić information content (AvgIpc) is 3.34. The summed E-state index contributed by atoms with van der Waals surface area (Å²) in [6.07, 6.45) is 2.54. The summed E-state index contributed by atoms with van der Waals surface area (Å²) in [7, 11) is 1.62. The largest absolute Gasteiger partial charge is 0.493 e. The molecular weight excluding hydrogens is 588 g/mol. The van der Waals surface area contributed by atoms with Gasteiger partial charge in [-0.3, -0.25) is 4.90 Å². The highest BCUT2D eigenvalue weighted by Gasteiger charge is 2.28. The number of ether oxygens (including phenoxy) is 3. The molecule has 0 atom stereocenters. The highest BCUT2D eigenvalue weighted by atomic mass is 79.9. The van der Waals surface area contributed by atoms with Gasteiger partial charge in [0.25, 0.3) is 0 Å². The smallest absolute Gasteiger partial charge is 0.341 e. The molecular formula is C32H31BrN2O4S. The van der Waals surface area contributed by atoms with Gasteiger partial charge in [0.2, 0.25) is 0 Å². The van der Waals surface area contributed by atoms with Crippen molar-refractivity contribution < 1.29 is 19.0 Å².